The second-order valence-corrected chi connectivity index (χ2v) is 10.5. The van der Waals surface area contributed by atoms with E-state index in [1.165, 1.54) is 30.1 Å². The van der Waals surface area contributed by atoms with Crippen LogP contribution in [-0.2, 0) is 0 Å². The molecular weight excluding hydrogens is 586 g/mol. The number of benzene rings is 3. The Balaban J connectivity index is 1.60. The molecule has 0 saturated carbocycles. The van der Waals surface area contributed by atoms with Crippen molar-refractivity contribution in [2.75, 3.05) is 14.2 Å². The van der Waals surface area contributed by atoms with Gasteiger partial charge >= 0.3 is 0 Å². The van der Waals surface area contributed by atoms with Crippen LogP contribution in [0.15, 0.2) is 76.8 Å². The van der Waals surface area contributed by atoms with Crippen LogP contribution in [0.3, 0.4) is 0 Å². The summed E-state index contributed by atoms with van der Waals surface area (Å²) in [5, 5.41) is 16.1. The predicted octanol–water partition coefficient (Wildman–Crippen LogP) is 7.14. The summed E-state index contributed by atoms with van der Waals surface area (Å²) in [5.74, 6) is 1.79. The van der Waals surface area contributed by atoms with Gasteiger partial charge in [0.05, 0.1) is 41.3 Å². The topological polar surface area (TPSA) is 131 Å². The second kappa shape index (κ2) is 12.5. The first-order valence-electron chi connectivity index (χ1n) is 13.5. The van der Waals surface area contributed by atoms with E-state index >= 15 is 0 Å². The second-order valence-electron chi connectivity index (χ2n) is 10.1. The number of rotatable bonds is 9. The van der Waals surface area contributed by atoms with Crippen molar-refractivity contribution in [2.45, 2.75) is 26.7 Å². The van der Waals surface area contributed by atoms with Gasteiger partial charge in [0, 0.05) is 17.7 Å². The number of aryl methyl sites for hydroxylation is 1. The number of halogens is 1. The minimum atomic E-state index is -0.556. The van der Waals surface area contributed by atoms with Crippen LogP contribution in [0.25, 0.3) is 22.3 Å². The van der Waals surface area contributed by atoms with Gasteiger partial charge in [0.1, 0.15) is 11.9 Å². The zero-order valence-corrected chi connectivity index (χ0v) is 25.3. The predicted molar refractivity (Wildman–Crippen MR) is 169 cm³/mol. The number of methoxy groups -OCH3 is 2. The van der Waals surface area contributed by atoms with E-state index in [0.717, 1.165) is 28.6 Å². The van der Waals surface area contributed by atoms with E-state index < -0.39 is 4.92 Å². The van der Waals surface area contributed by atoms with Crippen LogP contribution in [0.2, 0.25) is 5.02 Å². The number of nitrogens with zero attached hydrogens (tertiary/aromatic N) is 5. The Morgan fingerprint density at radius 2 is 1.80 bits per heavy atom. The fraction of sp³-hybridized carbons (Fsp3) is 0.188. The molecule has 5 rings (SSSR count). The van der Waals surface area contributed by atoms with Gasteiger partial charge in [-0.15, -0.1) is 0 Å². The Morgan fingerprint density at radius 1 is 1.05 bits per heavy atom. The van der Waals surface area contributed by atoms with E-state index in [1.807, 2.05) is 25.1 Å². The van der Waals surface area contributed by atoms with Crippen LogP contribution in [0, 0.1) is 17.0 Å². The summed E-state index contributed by atoms with van der Waals surface area (Å²) in [4.78, 5) is 33.0. The van der Waals surface area contributed by atoms with Crippen LogP contribution >= 0.6 is 11.6 Å². The minimum Gasteiger partial charge on any atom is -0.496 e. The number of para-hydroxylation sites is 1. The lowest BCUT2D eigenvalue weighted by atomic mass is 9.96. The summed E-state index contributed by atoms with van der Waals surface area (Å²) < 4.78 is 18.2. The molecule has 44 heavy (non-hydrogen) atoms. The zero-order valence-electron chi connectivity index (χ0n) is 24.6. The molecule has 0 unspecified atom stereocenters. The molecule has 0 aliphatic carbocycles. The molecule has 0 atom stereocenters. The normalized spacial score (nSPS) is 11.3. The lowest BCUT2D eigenvalue weighted by molar-refractivity contribution is -0.385. The first kappa shape index (κ1) is 30.2. The molecule has 3 aromatic carbocycles. The molecule has 0 spiro atoms. The van der Waals surface area contributed by atoms with Gasteiger partial charge < -0.3 is 14.2 Å². The smallest absolute Gasteiger partial charge is 0.287 e. The lowest BCUT2D eigenvalue weighted by Gasteiger charge is -2.17. The number of hydrogen-bond acceptors (Lipinski definition) is 9. The van der Waals surface area contributed by atoms with Crippen molar-refractivity contribution in [1.29, 1.82) is 0 Å². The molecule has 0 saturated heterocycles. The Kier molecular flexibility index (Phi) is 8.59. The van der Waals surface area contributed by atoms with Gasteiger partial charge in [-0.1, -0.05) is 37.6 Å². The molecule has 0 aliphatic heterocycles. The van der Waals surface area contributed by atoms with Crippen LogP contribution in [0.1, 0.15) is 36.5 Å². The van der Waals surface area contributed by atoms with Crippen molar-refractivity contribution in [2.24, 2.45) is 5.10 Å². The van der Waals surface area contributed by atoms with Crippen molar-refractivity contribution in [3.63, 3.8) is 0 Å². The molecule has 12 heteroatoms. The van der Waals surface area contributed by atoms with Crippen molar-refractivity contribution in [1.82, 2.24) is 14.6 Å². The SMILES string of the molecule is COc1cc(C)c(-c2nc3ccccc3c(=O)n2N=Cc2cc(Cl)c(Oc3ccc([N+](=O)[O-])cn3)c(OC)c2)cc1C(C)C. The average Bonchev–Trinajstić information content (AvgIpc) is 3.01. The van der Waals surface area contributed by atoms with E-state index in [1.54, 1.807) is 37.4 Å². The zero-order chi connectivity index (χ0) is 31.5. The van der Waals surface area contributed by atoms with Crippen LogP contribution < -0.4 is 19.8 Å². The molecule has 2 aromatic heterocycles. The molecule has 0 aliphatic rings. The van der Waals surface area contributed by atoms with E-state index in [9.17, 15) is 14.9 Å². The van der Waals surface area contributed by atoms with Crippen LogP contribution in [-0.4, -0.2) is 40.0 Å². The first-order valence-corrected chi connectivity index (χ1v) is 13.9. The van der Waals surface area contributed by atoms with Gasteiger partial charge in [0.25, 0.3) is 11.2 Å². The molecule has 224 valence electrons. The quantitative estimate of drug-likeness (QED) is 0.0973. The Hall–Kier alpha value is -5.29. The number of fused-ring (bicyclic) bond motifs is 1. The highest BCUT2D eigenvalue weighted by molar-refractivity contribution is 6.32. The number of aromatic nitrogens is 3. The minimum absolute atomic E-state index is 0.0891. The maximum absolute atomic E-state index is 13.8. The highest BCUT2D eigenvalue weighted by Crippen LogP contribution is 2.39. The third-order valence-electron chi connectivity index (χ3n) is 6.91. The molecule has 0 N–H and O–H groups in total. The number of ether oxygens (including phenoxy) is 3. The van der Waals surface area contributed by atoms with E-state index in [4.69, 9.17) is 30.8 Å². The fourth-order valence-corrected chi connectivity index (χ4v) is 4.91. The molecule has 2 heterocycles. The van der Waals surface area contributed by atoms with E-state index in [-0.39, 0.29) is 39.6 Å². The van der Waals surface area contributed by atoms with Crippen molar-refractivity contribution in [3.05, 3.63) is 109 Å². The highest BCUT2D eigenvalue weighted by atomic mass is 35.5. The third kappa shape index (κ3) is 5.95. The third-order valence-corrected chi connectivity index (χ3v) is 7.19. The average molecular weight is 614 g/mol. The summed E-state index contributed by atoms with van der Waals surface area (Å²) in [6, 6.07) is 16.9. The van der Waals surface area contributed by atoms with Gasteiger partial charge in [-0.25, -0.2) is 9.97 Å². The van der Waals surface area contributed by atoms with Gasteiger partial charge in [-0.05, 0) is 65.9 Å². The summed E-state index contributed by atoms with van der Waals surface area (Å²) >= 11 is 6.56. The molecule has 11 nitrogen and oxygen atoms in total. The molecular formula is C32H28ClN5O6. The molecule has 5 aromatic rings. The summed E-state index contributed by atoms with van der Waals surface area (Å²) in [6.07, 6.45) is 2.56. The number of nitro groups is 1. The summed E-state index contributed by atoms with van der Waals surface area (Å²) in [6.45, 7) is 6.07. The van der Waals surface area contributed by atoms with Crippen molar-refractivity contribution in [3.8, 4) is 34.5 Å². The Morgan fingerprint density at radius 3 is 2.45 bits per heavy atom. The number of hydrogen-bond donors (Lipinski definition) is 0. The van der Waals surface area contributed by atoms with Gasteiger partial charge in [-0.3, -0.25) is 14.9 Å². The summed E-state index contributed by atoms with van der Waals surface area (Å²) in [7, 11) is 3.07. The maximum Gasteiger partial charge on any atom is 0.287 e. The molecule has 0 radical (unpaired) electrons. The van der Waals surface area contributed by atoms with Crippen molar-refractivity contribution >= 4 is 34.4 Å². The molecule has 0 amide bonds. The van der Waals surface area contributed by atoms with E-state index in [2.05, 4.69) is 23.9 Å². The highest BCUT2D eigenvalue weighted by Gasteiger charge is 2.19. The maximum atomic E-state index is 13.8. The van der Waals surface area contributed by atoms with Crippen LogP contribution in [0.5, 0.6) is 23.1 Å². The van der Waals surface area contributed by atoms with E-state index in [0.29, 0.717) is 22.3 Å². The first-order chi connectivity index (χ1) is 21.1. The van der Waals surface area contributed by atoms with Gasteiger partial charge in [0.15, 0.2) is 17.3 Å². The van der Waals surface area contributed by atoms with Gasteiger partial charge in [0.2, 0.25) is 5.88 Å². The fourth-order valence-electron chi connectivity index (χ4n) is 4.66. The number of pyridine rings is 1. The monoisotopic (exact) mass is 613 g/mol. The van der Waals surface area contributed by atoms with Gasteiger partial charge in [-0.2, -0.15) is 9.78 Å². The molecule has 0 bridgehead atoms. The largest absolute Gasteiger partial charge is 0.496 e. The van der Waals surface area contributed by atoms with Crippen LogP contribution in [0.4, 0.5) is 5.69 Å². The standard InChI is InChI=1S/C32H28ClN5O6/c1-18(2)23-15-24(19(3)12-27(23)42-4)31-36-26-9-7-6-8-22(26)32(39)37(31)35-16-20-13-25(33)30(28(14-20)43-5)44-29-11-10-21(17-34-29)38(40)41/h6-18H,1-5H3. The Labute approximate surface area is 257 Å². The summed E-state index contributed by atoms with van der Waals surface area (Å²) in [5.41, 5.74) is 3.12. The Bertz CT molecular complexity index is 1970. The molecule has 0 fully saturated rings. The van der Waals surface area contributed by atoms with Crippen molar-refractivity contribution < 1.29 is 19.1 Å². The lowest BCUT2D eigenvalue weighted by Crippen LogP contribution is -2.20.